The van der Waals surface area contributed by atoms with Crippen molar-refractivity contribution in [3.05, 3.63) is 45.2 Å². The molecular weight excluding hydrogens is 438 g/mol. The van der Waals surface area contributed by atoms with Crippen LogP contribution in [0, 0.1) is 0 Å². The van der Waals surface area contributed by atoms with Crippen molar-refractivity contribution in [1.82, 2.24) is 19.2 Å². The molecule has 0 aliphatic carbocycles. The fourth-order valence-electron chi connectivity index (χ4n) is 3.45. The number of thioether (sulfide) groups is 1. The highest BCUT2D eigenvalue weighted by Crippen LogP contribution is 2.32. The van der Waals surface area contributed by atoms with Crippen molar-refractivity contribution >= 4 is 57.8 Å². The summed E-state index contributed by atoms with van der Waals surface area (Å²) in [5, 5.41) is 0. The lowest BCUT2D eigenvalue weighted by Crippen LogP contribution is -2.49. The number of fused-ring (bicyclic) bond motifs is 1. The minimum Gasteiger partial charge on any atom is -0.450 e. The average Bonchev–Trinajstić information content (AvgIpc) is 3.02. The summed E-state index contributed by atoms with van der Waals surface area (Å²) in [5.41, 5.74) is 0.563. The van der Waals surface area contributed by atoms with E-state index in [1.54, 1.807) is 43.3 Å². The summed E-state index contributed by atoms with van der Waals surface area (Å²) in [5.74, 6) is 0.242. The van der Waals surface area contributed by atoms with Gasteiger partial charge in [0.15, 0.2) is 0 Å². The Morgan fingerprint density at radius 2 is 2.00 bits per heavy atom. The summed E-state index contributed by atoms with van der Waals surface area (Å²) < 4.78 is 6.97. The van der Waals surface area contributed by atoms with E-state index in [2.05, 4.69) is 0 Å². The number of hydrogen-bond acceptors (Lipinski definition) is 8. The minimum atomic E-state index is -0.347. The van der Waals surface area contributed by atoms with E-state index in [-0.39, 0.29) is 17.6 Å². The Morgan fingerprint density at radius 3 is 2.65 bits per heavy atom. The number of pyridine rings is 1. The van der Waals surface area contributed by atoms with Crippen LogP contribution in [0.3, 0.4) is 0 Å². The monoisotopic (exact) mass is 459 g/mol. The molecule has 0 N–H and O–H groups in total. The summed E-state index contributed by atoms with van der Waals surface area (Å²) in [6, 6.07) is 5.32. The molecule has 2 aromatic heterocycles. The first kappa shape index (κ1) is 21.3. The number of rotatable bonds is 3. The van der Waals surface area contributed by atoms with Gasteiger partial charge in [-0.1, -0.05) is 30.0 Å². The Morgan fingerprint density at radius 1 is 1.26 bits per heavy atom. The van der Waals surface area contributed by atoms with Crippen LogP contribution in [0.5, 0.6) is 0 Å². The molecule has 11 heteroatoms. The van der Waals surface area contributed by atoms with Gasteiger partial charge in [-0.05, 0) is 25.1 Å². The first-order valence-corrected chi connectivity index (χ1v) is 11.0. The average molecular weight is 460 g/mol. The fourth-order valence-corrected chi connectivity index (χ4v) is 4.61. The molecule has 4 heterocycles. The Labute approximate surface area is 188 Å². The number of anilines is 1. The molecule has 2 aromatic rings. The molecule has 0 unspecified atom stereocenters. The van der Waals surface area contributed by atoms with Gasteiger partial charge in [-0.3, -0.25) is 18.9 Å². The van der Waals surface area contributed by atoms with Crippen LogP contribution in [-0.2, 0) is 9.53 Å². The van der Waals surface area contributed by atoms with E-state index in [9.17, 15) is 14.4 Å². The highest BCUT2D eigenvalue weighted by atomic mass is 32.2. The van der Waals surface area contributed by atoms with Crippen LogP contribution in [0.1, 0.15) is 12.5 Å². The zero-order valence-corrected chi connectivity index (χ0v) is 18.7. The maximum atomic E-state index is 13.3. The number of thiocarbonyl (C=S) groups is 1. The third kappa shape index (κ3) is 4.02. The number of piperazine rings is 1. The van der Waals surface area contributed by atoms with Gasteiger partial charge in [-0.2, -0.15) is 0 Å². The molecule has 0 bridgehead atoms. The highest BCUT2D eigenvalue weighted by Gasteiger charge is 2.31. The Balaban J connectivity index is 1.74. The van der Waals surface area contributed by atoms with Crippen molar-refractivity contribution in [3.63, 3.8) is 0 Å². The first-order chi connectivity index (χ1) is 14.9. The van der Waals surface area contributed by atoms with Crippen molar-refractivity contribution in [2.75, 3.05) is 44.7 Å². The summed E-state index contributed by atoms with van der Waals surface area (Å²) in [7, 11) is 1.61. The molecule has 0 saturated carbocycles. The lowest BCUT2D eigenvalue weighted by Gasteiger charge is -2.35. The third-order valence-corrected chi connectivity index (χ3v) is 6.60. The summed E-state index contributed by atoms with van der Waals surface area (Å²) in [6.45, 7) is 3.97. The van der Waals surface area contributed by atoms with Gasteiger partial charge in [0.1, 0.15) is 15.8 Å². The van der Waals surface area contributed by atoms with Crippen LogP contribution < -0.4 is 10.5 Å². The second-order valence-corrected chi connectivity index (χ2v) is 8.67. The number of hydrogen-bond donors (Lipinski definition) is 0. The zero-order chi connectivity index (χ0) is 22.1. The summed E-state index contributed by atoms with van der Waals surface area (Å²) >= 11 is 6.37. The molecule has 0 radical (unpaired) electrons. The largest absolute Gasteiger partial charge is 0.450 e. The van der Waals surface area contributed by atoms with Gasteiger partial charge in [0.2, 0.25) is 0 Å². The third-order valence-electron chi connectivity index (χ3n) is 5.12. The Hall–Kier alpha value is -2.92. The first-order valence-electron chi connectivity index (χ1n) is 9.80. The molecule has 2 fully saturated rings. The second kappa shape index (κ2) is 8.67. The lowest BCUT2D eigenvalue weighted by atomic mass is 10.2. The molecule has 2 amide bonds. The van der Waals surface area contributed by atoms with Crippen LogP contribution >= 0.6 is 24.0 Å². The van der Waals surface area contributed by atoms with Gasteiger partial charge in [0, 0.05) is 39.4 Å². The van der Waals surface area contributed by atoms with Gasteiger partial charge >= 0.3 is 6.09 Å². The van der Waals surface area contributed by atoms with Gasteiger partial charge in [-0.15, -0.1) is 0 Å². The quantitative estimate of drug-likeness (QED) is 0.507. The summed E-state index contributed by atoms with van der Waals surface area (Å²) in [4.78, 5) is 47.9. The van der Waals surface area contributed by atoms with Gasteiger partial charge < -0.3 is 14.5 Å². The predicted molar refractivity (Wildman–Crippen MR) is 123 cm³/mol. The molecule has 31 heavy (non-hydrogen) atoms. The number of aromatic nitrogens is 2. The van der Waals surface area contributed by atoms with Crippen LogP contribution in [0.25, 0.3) is 11.7 Å². The molecule has 0 spiro atoms. The topological polar surface area (TPSA) is 87.5 Å². The number of ether oxygens (including phenoxy) is 1. The molecule has 0 aromatic carbocycles. The van der Waals surface area contributed by atoms with Crippen molar-refractivity contribution in [2.45, 2.75) is 6.92 Å². The molecule has 4 rings (SSSR count). The van der Waals surface area contributed by atoms with Crippen LogP contribution in [0.2, 0.25) is 0 Å². The van der Waals surface area contributed by atoms with Crippen LogP contribution in [0.4, 0.5) is 10.6 Å². The van der Waals surface area contributed by atoms with E-state index in [0.717, 1.165) is 11.8 Å². The molecule has 9 nitrogen and oxygen atoms in total. The molecule has 2 saturated heterocycles. The zero-order valence-electron chi connectivity index (χ0n) is 17.1. The number of nitrogens with zero attached hydrogens (tertiary/aromatic N) is 5. The maximum Gasteiger partial charge on any atom is 0.409 e. The normalized spacial score (nSPS) is 18.4. The minimum absolute atomic E-state index is 0.245. The number of likely N-dealkylation sites (N-methyl/N-ethyl adjacent to an activating group) is 1. The summed E-state index contributed by atoms with van der Waals surface area (Å²) in [6.07, 6.45) is 2.88. The SMILES string of the molecule is CCOC(=O)N1CCN(c2nc3ccccn3c(=O)c2C=C2SC(=S)N(C)C2=O)CC1. The second-order valence-electron chi connectivity index (χ2n) is 7.00. The molecule has 2 aliphatic heterocycles. The van der Waals surface area contributed by atoms with E-state index in [4.69, 9.17) is 21.9 Å². The van der Waals surface area contributed by atoms with E-state index in [0.29, 0.717) is 59.0 Å². The number of amides is 2. The lowest BCUT2D eigenvalue weighted by molar-refractivity contribution is -0.121. The van der Waals surface area contributed by atoms with E-state index in [1.165, 1.54) is 9.30 Å². The van der Waals surface area contributed by atoms with E-state index >= 15 is 0 Å². The predicted octanol–water partition coefficient (Wildman–Crippen LogP) is 1.80. The van der Waals surface area contributed by atoms with Gasteiger partial charge in [0.25, 0.3) is 11.5 Å². The Kier molecular flexibility index (Phi) is 5.96. The molecular formula is C20H21N5O4S2. The van der Waals surface area contributed by atoms with Crippen LogP contribution in [0.15, 0.2) is 34.1 Å². The molecule has 162 valence electrons. The molecule has 2 aliphatic rings. The van der Waals surface area contributed by atoms with Gasteiger partial charge in [-0.25, -0.2) is 9.78 Å². The van der Waals surface area contributed by atoms with Gasteiger partial charge in [0.05, 0.1) is 17.1 Å². The standard InChI is InChI=1S/C20H21N5O4S2/c1-3-29-19(28)24-10-8-23(9-11-24)16-13(12-14-18(27)22(2)20(30)31-14)17(26)25-7-5-4-6-15(25)21-16/h4-7,12H,3,8-11H2,1-2H3. The van der Waals surface area contributed by atoms with Crippen molar-refractivity contribution in [1.29, 1.82) is 0 Å². The van der Waals surface area contributed by atoms with E-state index in [1.807, 2.05) is 11.0 Å². The smallest absolute Gasteiger partial charge is 0.409 e. The number of carbonyl (C=O) groups is 2. The maximum absolute atomic E-state index is 13.3. The van der Waals surface area contributed by atoms with E-state index < -0.39 is 0 Å². The fraction of sp³-hybridized carbons (Fsp3) is 0.350. The highest BCUT2D eigenvalue weighted by molar-refractivity contribution is 8.26. The van der Waals surface area contributed by atoms with Crippen molar-refractivity contribution in [2.24, 2.45) is 0 Å². The van der Waals surface area contributed by atoms with Crippen molar-refractivity contribution < 1.29 is 14.3 Å². The van der Waals surface area contributed by atoms with Crippen molar-refractivity contribution in [3.8, 4) is 0 Å². The molecule has 0 atom stereocenters. The number of carbonyl (C=O) groups excluding carboxylic acids is 2. The van der Waals surface area contributed by atoms with Crippen LogP contribution in [-0.4, -0.2) is 75.3 Å². The Bertz CT molecular complexity index is 1150.